The molecule has 0 radical (unpaired) electrons. The number of hydrogen-bond donors (Lipinski definition) is 2. The Hall–Kier alpha value is -3.46. The first kappa shape index (κ1) is 26.2. The van der Waals surface area contributed by atoms with E-state index in [1.165, 1.54) is 12.1 Å². The number of halogens is 3. The van der Waals surface area contributed by atoms with Crippen LogP contribution in [0.2, 0.25) is 10.0 Å². The molecule has 194 valence electrons. The Labute approximate surface area is 232 Å². The molecule has 5 rings (SSSR count). The van der Waals surface area contributed by atoms with Gasteiger partial charge in [-0.1, -0.05) is 65.7 Å². The number of carbonyl (C=O) groups is 2. The smallest absolute Gasteiger partial charge is 0.412 e. The summed E-state index contributed by atoms with van der Waals surface area (Å²) >= 11 is 13.8. The molecule has 3 aromatic carbocycles. The van der Waals surface area contributed by atoms with Crippen LogP contribution in [0.1, 0.15) is 29.7 Å². The van der Waals surface area contributed by atoms with Crippen LogP contribution in [-0.4, -0.2) is 21.5 Å². The molecule has 1 aliphatic carbocycles. The van der Waals surface area contributed by atoms with Crippen LogP contribution < -0.4 is 5.32 Å². The standard InChI is InChI=1S/C28H21Cl2FN2O4S/c1-15-24(32-27(36)37-14-17-4-2-3-5-21(17)29)25(38-33-15)20-13-23(31)19(12-22(20)30)16-6-8-18(9-7-16)28(10-11-28)26(34)35/h2-9,12-13H,10-11,14H2,1H3,(H,32,36)(H,34,35). The lowest BCUT2D eigenvalue weighted by Gasteiger charge is -2.13. The number of rotatable bonds is 7. The zero-order chi connectivity index (χ0) is 27.0. The number of carboxylic acids is 1. The average molecular weight is 571 g/mol. The minimum atomic E-state index is -0.846. The van der Waals surface area contributed by atoms with E-state index in [9.17, 15) is 14.7 Å². The van der Waals surface area contributed by atoms with Gasteiger partial charge < -0.3 is 9.84 Å². The molecule has 6 nitrogen and oxygen atoms in total. The number of aromatic nitrogens is 1. The van der Waals surface area contributed by atoms with Gasteiger partial charge in [-0.25, -0.2) is 9.18 Å². The molecule has 0 spiro atoms. The summed E-state index contributed by atoms with van der Waals surface area (Å²) in [6.45, 7) is 1.70. The largest absolute Gasteiger partial charge is 0.481 e. The quantitative estimate of drug-likeness (QED) is 0.234. The van der Waals surface area contributed by atoms with Crippen LogP contribution in [0.15, 0.2) is 60.7 Å². The van der Waals surface area contributed by atoms with Crippen molar-refractivity contribution >= 4 is 52.5 Å². The average Bonchev–Trinajstić information content (AvgIpc) is 3.65. The number of ether oxygens (including phenoxy) is 1. The Morgan fingerprint density at radius 3 is 2.45 bits per heavy atom. The van der Waals surface area contributed by atoms with Crippen LogP contribution in [0.5, 0.6) is 0 Å². The van der Waals surface area contributed by atoms with E-state index < -0.39 is 23.3 Å². The summed E-state index contributed by atoms with van der Waals surface area (Å²) in [5.41, 5.74) is 2.66. The molecule has 1 heterocycles. The third-order valence-corrected chi connectivity index (χ3v) is 8.27. The molecule has 1 fully saturated rings. The number of hydrogen-bond acceptors (Lipinski definition) is 5. The van der Waals surface area contributed by atoms with E-state index in [1.807, 2.05) is 0 Å². The van der Waals surface area contributed by atoms with Crippen molar-refractivity contribution in [3.8, 4) is 21.6 Å². The summed E-state index contributed by atoms with van der Waals surface area (Å²) in [7, 11) is 0. The summed E-state index contributed by atoms with van der Waals surface area (Å²) in [4.78, 5) is 24.6. The number of benzene rings is 3. The highest BCUT2D eigenvalue weighted by Crippen LogP contribution is 2.49. The van der Waals surface area contributed by atoms with Gasteiger partial charge in [0.15, 0.2) is 0 Å². The number of carbonyl (C=O) groups excluding carboxylic acids is 1. The van der Waals surface area contributed by atoms with Crippen molar-refractivity contribution in [2.45, 2.75) is 31.8 Å². The van der Waals surface area contributed by atoms with Gasteiger partial charge in [-0.3, -0.25) is 10.1 Å². The molecule has 1 saturated carbocycles. The number of aliphatic carboxylic acids is 1. The third-order valence-electron chi connectivity index (χ3n) is 6.62. The minimum absolute atomic E-state index is 0.0199. The molecule has 4 aromatic rings. The summed E-state index contributed by atoms with van der Waals surface area (Å²) in [6.07, 6.45) is 0.473. The molecular formula is C28H21Cl2FN2O4S. The SMILES string of the molecule is Cc1nsc(-c2cc(F)c(-c3ccc(C4(C(=O)O)CC4)cc3)cc2Cl)c1NC(=O)OCc1ccccc1Cl. The zero-order valence-corrected chi connectivity index (χ0v) is 22.4. The van der Waals surface area contributed by atoms with Crippen molar-refractivity contribution in [2.24, 2.45) is 0 Å². The molecule has 1 aromatic heterocycles. The number of nitrogens with zero attached hydrogens (tertiary/aromatic N) is 1. The molecule has 38 heavy (non-hydrogen) atoms. The Kier molecular flexibility index (Phi) is 7.13. The monoisotopic (exact) mass is 570 g/mol. The highest BCUT2D eigenvalue weighted by Gasteiger charge is 2.51. The second-order valence-corrected chi connectivity index (χ2v) is 10.6. The Morgan fingerprint density at radius 2 is 1.79 bits per heavy atom. The second kappa shape index (κ2) is 10.4. The van der Waals surface area contributed by atoms with E-state index >= 15 is 4.39 Å². The third kappa shape index (κ3) is 4.99. The maximum Gasteiger partial charge on any atom is 0.412 e. The van der Waals surface area contributed by atoms with Gasteiger partial charge in [-0.05, 0) is 60.6 Å². The van der Waals surface area contributed by atoms with Crippen LogP contribution >= 0.6 is 34.7 Å². The number of anilines is 1. The molecule has 0 bridgehead atoms. The molecule has 0 saturated heterocycles. The molecule has 1 aliphatic rings. The van der Waals surface area contributed by atoms with Gasteiger partial charge in [0, 0.05) is 21.7 Å². The van der Waals surface area contributed by atoms with Crippen LogP contribution in [0, 0.1) is 12.7 Å². The fraction of sp³-hybridized carbons (Fsp3) is 0.179. The van der Waals surface area contributed by atoms with E-state index in [0.717, 1.165) is 11.5 Å². The number of aryl methyl sites for hydroxylation is 1. The van der Waals surface area contributed by atoms with Crippen LogP contribution in [-0.2, 0) is 21.6 Å². The van der Waals surface area contributed by atoms with Gasteiger partial charge >= 0.3 is 12.1 Å². The number of amides is 1. The van der Waals surface area contributed by atoms with Gasteiger partial charge in [0.2, 0.25) is 0 Å². The molecule has 0 unspecified atom stereocenters. The molecule has 1 amide bonds. The van der Waals surface area contributed by atoms with Crippen LogP contribution in [0.3, 0.4) is 0 Å². The topological polar surface area (TPSA) is 88.5 Å². The highest BCUT2D eigenvalue weighted by atomic mass is 35.5. The van der Waals surface area contributed by atoms with Crippen LogP contribution in [0.4, 0.5) is 14.9 Å². The van der Waals surface area contributed by atoms with Gasteiger partial charge in [0.25, 0.3) is 0 Å². The molecule has 2 N–H and O–H groups in total. The zero-order valence-electron chi connectivity index (χ0n) is 20.1. The van der Waals surface area contributed by atoms with Crippen LogP contribution in [0.25, 0.3) is 21.6 Å². The van der Waals surface area contributed by atoms with Crippen molar-refractivity contribution in [3.05, 3.63) is 93.3 Å². The predicted molar refractivity (Wildman–Crippen MR) is 146 cm³/mol. The minimum Gasteiger partial charge on any atom is -0.481 e. The van der Waals surface area contributed by atoms with E-state index in [0.29, 0.717) is 56.4 Å². The van der Waals surface area contributed by atoms with E-state index in [-0.39, 0.29) is 17.2 Å². The molecule has 0 aliphatic heterocycles. The van der Waals surface area contributed by atoms with Gasteiger partial charge in [-0.2, -0.15) is 4.37 Å². The van der Waals surface area contributed by atoms with Gasteiger partial charge in [0.05, 0.1) is 26.7 Å². The number of carboxylic acid groups (broad SMARTS) is 1. The molecular weight excluding hydrogens is 550 g/mol. The molecule has 10 heteroatoms. The molecule has 0 atom stereocenters. The summed E-state index contributed by atoms with van der Waals surface area (Å²) < 4.78 is 24.9. The van der Waals surface area contributed by atoms with Crippen molar-refractivity contribution in [3.63, 3.8) is 0 Å². The first-order valence-electron chi connectivity index (χ1n) is 11.7. The summed E-state index contributed by atoms with van der Waals surface area (Å²) in [5, 5.41) is 13.0. The summed E-state index contributed by atoms with van der Waals surface area (Å²) in [6, 6.07) is 16.7. The second-order valence-electron chi connectivity index (χ2n) is 9.04. The normalized spacial score (nSPS) is 13.7. The first-order chi connectivity index (χ1) is 18.2. The number of nitrogens with one attached hydrogen (secondary N) is 1. The van der Waals surface area contributed by atoms with Crippen molar-refractivity contribution < 1.29 is 23.8 Å². The maximum absolute atomic E-state index is 15.3. The van der Waals surface area contributed by atoms with Gasteiger partial charge in [0.1, 0.15) is 12.4 Å². The Morgan fingerprint density at radius 1 is 1.08 bits per heavy atom. The fourth-order valence-corrected chi connectivity index (χ4v) is 5.64. The Balaban J connectivity index is 1.37. The van der Waals surface area contributed by atoms with Crippen molar-refractivity contribution in [2.75, 3.05) is 5.32 Å². The van der Waals surface area contributed by atoms with Crippen molar-refractivity contribution in [1.82, 2.24) is 4.37 Å². The first-order valence-corrected chi connectivity index (χ1v) is 13.2. The lowest BCUT2D eigenvalue weighted by Crippen LogP contribution is -2.19. The maximum atomic E-state index is 15.3. The lowest BCUT2D eigenvalue weighted by molar-refractivity contribution is -0.140. The van der Waals surface area contributed by atoms with E-state index in [2.05, 4.69) is 9.69 Å². The summed E-state index contributed by atoms with van der Waals surface area (Å²) in [5.74, 6) is -1.37. The van der Waals surface area contributed by atoms with E-state index in [1.54, 1.807) is 55.5 Å². The fourth-order valence-electron chi connectivity index (χ4n) is 4.26. The Bertz CT molecular complexity index is 1550. The van der Waals surface area contributed by atoms with E-state index in [4.69, 9.17) is 27.9 Å². The highest BCUT2D eigenvalue weighted by molar-refractivity contribution is 7.10. The predicted octanol–water partition coefficient (Wildman–Crippen LogP) is 8.10. The van der Waals surface area contributed by atoms with Gasteiger partial charge in [-0.15, -0.1) is 0 Å². The lowest BCUT2D eigenvalue weighted by atomic mass is 9.93. The van der Waals surface area contributed by atoms with Crippen molar-refractivity contribution in [1.29, 1.82) is 0 Å².